The van der Waals surface area contributed by atoms with Crippen LogP contribution in [0.4, 0.5) is 0 Å². The quantitative estimate of drug-likeness (QED) is 0.881. The summed E-state index contributed by atoms with van der Waals surface area (Å²) in [4.78, 5) is 2.48. The highest BCUT2D eigenvalue weighted by atomic mass is 32.2. The highest BCUT2D eigenvalue weighted by Crippen LogP contribution is 2.20. The summed E-state index contributed by atoms with van der Waals surface area (Å²) in [5.41, 5.74) is 2.74. The first kappa shape index (κ1) is 12.9. The van der Waals surface area contributed by atoms with Crippen molar-refractivity contribution < 1.29 is 0 Å². The van der Waals surface area contributed by atoms with E-state index in [0.29, 0.717) is 6.04 Å². The number of aryl methyl sites for hydroxylation is 1. The predicted molar refractivity (Wildman–Crippen MR) is 76.6 cm³/mol. The van der Waals surface area contributed by atoms with Crippen molar-refractivity contribution in [1.29, 1.82) is 0 Å². The maximum atomic E-state index is 3.49. The molecule has 1 saturated heterocycles. The molecule has 0 bridgehead atoms. The lowest BCUT2D eigenvalue weighted by Crippen LogP contribution is -2.38. The summed E-state index contributed by atoms with van der Waals surface area (Å²) in [5.74, 6) is 0. The zero-order chi connectivity index (χ0) is 12.3. The van der Waals surface area contributed by atoms with Gasteiger partial charge in [0.2, 0.25) is 0 Å². The van der Waals surface area contributed by atoms with Crippen molar-refractivity contribution in [1.82, 2.24) is 10.2 Å². The van der Waals surface area contributed by atoms with Crippen LogP contribution in [0, 0.1) is 6.92 Å². The maximum absolute atomic E-state index is 3.49. The number of hydrogen-bond acceptors (Lipinski definition) is 3. The largest absolute Gasteiger partial charge is 0.314 e. The minimum absolute atomic E-state index is 0.659. The van der Waals surface area contributed by atoms with Crippen LogP contribution >= 0.6 is 11.8 Å². The minimum Gasteiger partial charge on any atom is -0.314 e. The first-order valence-corrected chi connectivity index (χ1v) is 7.49. The van der Waals surface area contributed by atoms with Crippen LogP contribution in [0.1, 0.15) is 11.1 Å². The fourth-order valence-electron chi connectivity index (χ4n) is 2.42. The van der Waals surface area contributed by atoms with Crippen molar-refractivity contribution in [2.45, 2.75) is 24.8 Å². The van der Waals surface area contributed by atoms with Crippen LogP contribution in [0.2, 0.25) is 0 Å². The van der Waals surface area contributed by atoms with Gasteiger partial charge < -0.3 is 5.32 Å². The SMILES string of the molecule is CSC1CNCC1N(C)Cc1ccc(C)cc1. The third-order valence-corrected chi connectivity index (χ3v) is 4.64. The van der Waals surface area contributed by atoms with Gasteiger partial charge in [-0.05, 0) is 25.8 Å². The molecule has 2 rings (SSSR count). The second kappa shape index (κ2) is 5.89. The number of thioether (sulfide) groups is 1. The van der Waals surface area contributed by atoms with Gasteiger partial charge in [0, 0.05) is 30.9 Å². The Morgan fingerprint density at radius 1 is 1.29 bits per heavy atom. The molecule has 1 aliphatic rings. The molecule has 2 nitrogen and oxygen atoms in total. The number of nitrogens with zero attached hydrogens (tertiary/aromatic N) is 1. The normalized spacial score (nSPS) is 24.5. The van der Waals surface area contributed by atoms with E-state index in [4.69, 9.17) is 0 Å². The van der Waals surface area contributed by atoms with Crippen molar-refractivity contribution in [3.8, 4) is 0 Å². The Balaban J connectivity index is 1.96. The number of likely N-dealkylation sites (N-methyl/N-ethyl adjacent to an activating group) is 1. The van der Waals surface area contributed by atoms with Crippen LogP contribution < -0.4 is 5.32 Å². The molecule has 2 atom stereocenters. The number of hydrogen-bond donors (Lipinski definition) is 1. The first-order valence-electron chi connectivity index (χ1n) is 6.20. The Bertz CT molecular complexity index is 350. The third-order valence-electron chi connectivity index (χ3n) is 3.55. The molecule has 0 aromatic heterocycles. The summed E-state index contributed by atoms with van der Waals surface area (Å²) in [7, 11) is 2.24. The topological polar surface area (TPSA) is 15.3 Å². The fourth-order valence-corrected chi connectivity index (χ4v) is 3.32. The van der Waals surface area contributed by atoms with Gasteiger partial charge in [-0.2, -0.15) is 11.8 Å². The van der Waals surface area contributed by atoms with Crippen molar-refractivity contribution >= 4 is 11.8 Å². The highest BCUT2D eigenvalue weighted by Gasteiger charge is 2.29. The van der Waals surface area contributed by atoms with Gasteiger partial charge in [0.25, 0.3) is 0 Å². The monoisotopic (exact) mass is 250 g/mol. The Morgan fingerprint density at radius 2 is 2.00 bits per heavy atom. The molecule has 0 radical (unpaired) electrons. The van der Waals surface area contributed by atoms with E-state index in [0.717, 1.165) is 24.9 Å². The third kappa shape index (κ3) is 3.24. The van der Waals surface area contributed by atoms with Gasteiger partial charge in [0.15, 0.2) is 0 Å². The molecule has 0 saturated carbocycles. The van der Waals surface area contributed by atoms with E-state index < -0.39 is 0 Å². The summed E-state index contributed by atoms with van der Waals surface area (Å²) in [6.45, 7) is 5.44. The summed E-state index contributed by atoms with van der Waals surface area (Å²) in [6, 6.07) is 9.53. The standard InChI is InChI=1S/C14H22N2S/c1-11-4-6-12(7-5-11)10-16(2)13-8-15-9-14(13)17-3/h4-7,13-15H,8-10H2,1-3H3. The van der Waals surface area contributed by atoms with Gasteiger partial charge in [0.1, 0.15) is 0 Å². The van der Waals surface area contributed by atoms with E-state index in [1.807, 2.05) is 11.8 Å². The number of benzene rings is 1. The van der Waals surface area contributed by atoms with E-state index in [9.17, 15) is 0 Å². The van der Waals surface area contributed by atoms with Crippen molar-refractivity contribution in [3.05, 3.63) is 35.4 Å². The average Bonchev–Trinajstić information content (AvgIpc) is 2.80. The molecule has 0 amide bonds. The zero-order valence-corrected chi connectivity index (χ0v) is 11.8. The van der Waals surface area contributed by atoms with Crippen LogP contribution in [0.3, 0.4) is 0 Å². The van der Waals surface area contributed by atoms with Gasteiger partial charge in [-0.1, -0.05) is 29.8 Å². The van der Waals surface area contributed by atoms with Crippen molar-refractivity contribution in [3.63, 3.8) is 0 Å². The Morgan fingerprint density at radius 3 is 2.65 bits per heavy atom. The molecule has 94 valence electrons. The molecule has 1 fully saturated rings. The molecule has 17 heavy (non-hydrogen) atoms. The van der Waals surface area contributed by atoms with Crippen molar-refractivity contribution in [2.75, 3.05) is 26.4 Å². The summed E-state index contributed by atoms with van der Waals surface area (Å²) in [6.07, 6.45) is 2.21. The summed E-state index contributed by atoms with van der Waals surface area (Å²) in [5, 5.41) is 4.21. The van der Waals surface area contributed by atoms with Gasteiger partial charge in [-0.3, -0.25) is 4.90 Å². The lowest BCUT2D eigenvalue weighted by atomic mass is 10.1. The Hall–Kier alpha value is -0.510. The molecular weight excluding hydrogens is 228 g/mol. The van der Waals surface area contributed by atoms with Crippen LogP contribution in [-0.4, -0.2) is 42.6 Å². The lowest BCUT2D eigenvalue weighted by Gasteiger charge is -2.28. The molecule has 2 unspecified atom stereocenters. The van der Waals surface area contributed by atoms with E-state index in [1.54, 1.807) is 0 Å². The van der Waals surface area contributed by atoms with Gasteiger partial charge in [0.05, 0.1) is 0 Å². The van der Waals surface area contributed by atoms with Crippen LogP contribution in [0.5, 0.6) is 0 Å². The molecule has 1 heterocycles. The van der Waals surface area contributed by atoms with E-state index in [1.165, 1.54) is 11.1 Å². The maximum Gasteiger partial charge on any atom is 0.0352 e. The molecule has 0 aliphatic carbocycles. The van der Waals surface area contributed by atoms with Crippen molar-refractivity contribution in [2.24, 2.45) is 0 Å². The van der Waals surface area contributed by atoms with Gasteiger partial charge in [-0.15, -0.1) is 0 Å². The van der Waals surface area contributed by atoms with Gasteiger partial charge in [-0.25, -0.2) is 0 Å². The Labute approximate surface area is 109 Å². The number of rotatable bonds is 4. The average molecular weight is 250 g/mol. The molecule has 1 aromatic rings. The summed E-state index contributed by atoms with van der Waals surface area (Å²) < 4.78 is 0. The second-order valence-electron chi connectivity index (χ2n) is 4.90. The smallest absolute Gasteiger partial charge is 0.0352 e. The predicted octanol–water partition coefficient (Wildman–Crippen LogP) is 2.13. The fraction of sp³-hybridized carbons (Fsp3) is 0.571. The summed E-state index contributed by atoms with van der Waals surface area (Å²) >= 11 is 1.98. The highest BCUT2D eigenvalue weighted by molar-refractivity contribution is 7.99. The second-order valence-corrected chi connectivity index (χ2v) is 5.98. The molecule has 1 N–H and O–H groups in total. The van der Waals surface area contributed by atoms with E-state index >= 15 is 0 Å². The van der Waals surface area contributed by atoms with Gasteiger partial charge >= 0.3 is 0 Å². The molecular formula is C14H22N2S. The van der Waals surface area contributed by atoms with Crippen LogP contribution in [-0.2, 0) is 6.54 Å². The first-order chi connectivity index (χ1) is 8.20. The number of nitrogens with one attached hydrogen (secondary N) is 1. The van der Waals surface area contributed by atoms with E-state index in [-0.39, 0.29) is 0 Å². The lowest BCUT2D eigenvalue weighted by molar-refractivity contribution is 0.253. The van der Waals surface area contributed by atoms with Crippen LogP contribution in [0.15, 0.2) is 24.3 Å². The molecule has 1 aliphatic heterocycles. The minimum atomic E-state index is 0.659. The molecule has 3 heteroatoms. The molecule has 1 aromatic carbocycles. The Kier molecular flexibility index (Phi) is 4.48. The molecule has 0 spiro atoms. The zero-order valence-electron chi connectivity index (χ0n) is 10.9. The van der Waals surface area contributed by atoms with E-state index in [2.05, 4.69) is 54.7 Å². The van der Waals surface area contributed by atoms with Crippen LogP contribution in [0.25, 0.3) is 0 Å².